The molecule has 1 fully saturated rings. The summed E-state index contributed by atoms with van der Waals surface area (Å²) in [5.41, 5.74) is 6.85. The summed E-state index contributed by atoms with van der Waals surface area (Å²) in [6.07, 6.45) is 1.28. The highest BCUT2D eigenvalue weighted by atomic mass is 35.5. The van der Waals surface area contributed by atoms with Crippen LogP contribution in [0.15, 0.2) is 18.2 Å². The molecule has 1 aliphatic carbocycles. The first-order valence-corrected chi connectivity index (χ1v) is 6.87. The van der Waals surface area contributed by atoms with E-state index in [-0.39, 0.29) is 5.91 Å². The van der Waals surface area contributed by atoms with Gasteiger partial charge in [0.15, 0.2) is 0 Å². The van der Waals surface area contributed by atoms with Gasteiger partial charge in [-0.15, -0.1) is 0 Å². The van der Waals surface area contributed by atoms with Gasteiger partial charge in [0.1, 0.15) is 0 Å². The summed E-state index contributed by atoms with van der Waals surface area (Å²) in [5, 5.41) is 3.32. The Kier molecular flexibility index (Phi) is 4.32. The van der Waals surface area contributed by atoms with Crippen LogP contribution in [0.3, 0.4) is 0 Å². The van der Waals surface area contributed by atoms with E-state index in [0.29, 0.717) is 22.9 Å². The molecule has 1 aliphatic rings. The third kappa shape index (κ3) is 4.11. The van der Waals surface area contributed by atoms with Crippen LogP contribution in [0.4, 0.5) is 11.4 Å². The molecule has 104 valence electrons. The van der Waals surface area contributed by atoms with Gasteiger partial charge in [-0.1, -0.05) is 18.5 Å². The van der Waals surface area contributed by atoms with Gasteiger partial charge in [0.2, 0.25) is 5.91 Å². The first-order chi connectivity index (χ1) is 8.95. The minimum atomic E-state index is -0.0301. The Morgan fingerprint density at radius 2 is 2.26 bits per heavy atom. The molecule has 2 unspecified atom stereocenters. The SMILES string of the molecule is CC1CC1CN(C)CC(=O)Nc1ccc(Cl)c(N)c1. The highest BCUT2D eigenvalue weighted by molar-refractivity contribution is 6.33. The molecule has 0 radical (unpaired) electrons. The van der Waals surface area contributed by atoms with Crippen LogP contribution in [0, 0.1) is 11.8 Å². The third-order valence-electron chi connectivity index (χ3n) is 3.52. The van der Waals surface area contributed by atoms with E-state index >= 15 is 0 Å². The summed E-state index contributed by atoms with van der Waals surface area (Å²) in [7, 11) is 1.97. The summed E-state index contributed by atoms with van der Waals surface area (Å²) < 4.78 is 0. The molecule has 4 nitrogen and oxygen atoms in total. The Hall–Kier alpha value is -1.26. The molecule has 5 heteroatoms. The van der Waals surface area contributed by atoms with Crippen molar-refractivity contribution in [1.82, 2.24) is 4.90 Å². The fourth-order valence-electron chi connectivity index (χ4n) is 2.19. The lowest BCUT2D eigenvalue weighted by molar-refractivity contribution is -0.117. The van der Waals surface area contributed by atoms with Crippen LogP contribution in [0.5, 0.6) is 0 Å². The summed E-state index contributed by atoms with van der Waals surface area (Å²) in [6.45, 7) is 3.62. The molecular weight excluding hydrogens is 262 g/mol. The highest BCUT2D eigenvalue weighted by Gasteiger charge is 2.33. The number of rotatable bonds is 5. The summed E-state index contributed by atoms with van der Waals surface area (Å²) >= 11 is 5.83. The van der Waals surface area contributed by atoms with Crippen LogP contribution in [0.1, 0.15) is 13.3 Å². The number of halogens is 1. The number of hydrogen-bond donors (Lipinski definition) is 2. The zero-order chi connectivity index (χ0) is 14.0. The number of nitrogen functional groups attached to an aromatic ring is 1. The third-order valence-corrected chi connectivity index (χ3v) is 3.86. The molecule has 3 N–H and O–H groups in total. The minimum absolute atomic E-state index is 0.0301. The van der Waals surface area contributed by atoms with Gasteiger partial charge in [0, 0.05) is 12.2 Å². The number of nitrogens with one attached hydrogen (secondary N) is 1. The molecule has 0 saturated heterocycles. The second-order valence-electron chi connectivity index (χ2n) is 5.45. The standard InChI is InChI=1S/C14H20ClN3O/c1-9-5-10(9)7-18(2)8-14(19)17-11-3-4-12(15)13(16)6-11/h3-4,6,9-10H,5,7-8,16H2,1-2H3,(H,17,19). The predicted molar refractivity (Wildman–Crippen MR) is 79.3 cm³/mol. The summed E-state index contributed by atoms with van der Waals surface area (Å²) in [5.74, 6) is 1.53. The number of anilines is 2. The molecule has 0 heterocycles. The van der Waals surface area contributed by atoms with Crippen molar-refractivity contribution >= 4 is 28.9 Å². The van der Waals surface area contributed by atoms with E-state index in [4.69, 9.17) is 17.3 Å². The average Bonchev–Trinajstić information content (AvgIpc) is 2.99. The maximum Gasteiger partial charge on any atom is 0.238 e. The minimum Gasteiger partial charge on any atom is -0.397 e. The second kappa shape index (κ2) is 5.80. The van der Waals surface area contributed by atoms with Gasteiger partial charge in [-0.25, -0.2) is 0 Å². The first kappa shape index (κ1) is 14.2. The van der Waals surface area contributed by atoms with Gasteiger partial charge < -0.3 is 11.1 Å². The maximum atomic E-state index is 11.9. The highest BCUT2D eigenvalue weighted by Crippen LogP contribution is 2.37. The monoisotopic (exact) mass is 281 g/mol. The van der Waals surface area contributed by atoms with Crippen molar-refractivity contribution in [3.8, 4) is 0 Å². The van der Waals surface area contributed by atoms with Gasteiger partial charge in [0.05, 0.1) is 17.3 Å². The second-order valence-corrected chi connectivity index (χ2v) is 5.86. The molecule has 1 amide bonds. The Morgan fingerprint density at radius 3 is 2.84 bits per heavy atom. The lowest BCUT2D eigenvalue weighted by Crippen LogP contribution is -2.31. The van der Waals surface area contributed by atoms with E-state index in [1.807, 2.05) is 7.05 Å². The molecule has 1 aromatic rings. The van der Waals surface area contributed by atoms with Gasteiger partial charge in [0.25, 0.3) is 0 Å². The van der Waals surface area contributed by atoms with Crippen LogP contribution >= 0.6 is 11.6 Å². The molecule has 2 atom stereocenters. The van der Waals surface area contributed by atoms with E-state index in [9.17, 15) is 4.79 Å². The summed E-state index contributed by atoms with van der Waals surface area (Å²) in [6, 6.07) is 5.10. The average molecular weight is 282 g/mol. The molecule has 2 rings (SSSR count). The number of nitrogens with zero attached hydrogens (tertiary/aromatic N) is 1. The molecule has 1 aromatic carbocycles. The zero-order valence-electron chi connectivity index (χ0n) is 11.3. The van der Waals surface area contributed by atoms with Crippen LogP contribution in [-0.4, -0.2) is 30.9 Å². The number of amides is 1. The molecule has 19 heavy (non-hydrogen) atoms. The van der Waals surface area contributed by atoms with Crippen molar-refractivity contribution in [3.63, 3.8) is 0 Å². The number of nitrogens with two attached hydrogens (primary N) is 1. The molecule has 0 spiro atoms. The van der Waals surface area contributed by atoms with Crippen molar-refractivity contribution < 1.29 is 4.79 Å². The van der Waals surface area contributed by atoms with Gasteiger partial charge in [-0.3, -0.25) is 9.69 Å². The van der Waals surface area contributed by atoms with Gasteiger partial charge in [-0.05, 0) is 43.5 Å². The predicted octanol–water partition coefficient (Wildman–Crippen LogP) is 2.45. The Labute approximate surface area is 118 Å². The van der Waals surface area contributed by atoms with Gasteiger partial charge in [-0.2, -0.15) is 0 Å². The van der Waals surface area contributed by atoms with Crippen molar-refractivity contribution in [2.24, 2.45) is 11.8 Å². The summed E-state index contributed by atoms with van der Waals surface area (Å²) in [4.78, 5) is 13.9. The van der Waals surface area contributed by atoms with E-state index < -0.39 is 0 Å². The molecule has 0 bridgehead atoms. The fraction of sp³-hybridized carbons (Fsp3) is 0.500. The van der Waals surface area contributed by atoms with Crippen molar-refractivity contribution in [2.45, 2.75) is 13.3 Å². The number of benzene rings is 1. The molecule has 0 aliphatic heterocycles. The lowest BCUT2D eigenvalue weighted by atomic mass is 10.2. The smallest absolute Gasteiger partial charge is 0.238 e. The van der Waals surface area contributed by atoms with E-state index in [0.717, 1.165) is 18.4 Å². The first-order valence-electron chi connectivity index (χ1n) is 6.49. The van der Waals surface area contributed by atoms with E-state index in [2.05, 4.69) is 17.1 Å². The molecule has 1 saturated carbocycles. The molecular formula is C14H20ClN3O. The van der Waals surface area contributed by atoms with E-state index in [1.165, 1.54) is 6.42 Å². The topological polar surface area (TPSA) is 58.4 Å². The van der Waals surface area contributed by atoms with Crippen LogP contribution in [0.2, 0.25) is 5.02 Å². The number of carbonyl (C=O) groups excluding carboxylic acids is 1. The van der Waals surface area contributed by atoms with Crippen molar-refractivity contribution in [2.75, 3.05) is 31.2 Å². The van der Waals surface area contributed by atoms with Gasteiger partial charge >= 0.3 is 0 Å². The number of carbonyl (C=O) groups is 1. The normalized spacial score (nSPS) is 21.5. The Morgan fingerprint density at radius 1 is 1.58 bits per heavy atom. The van der Waals surface area contributed by atoms with Crippen molar-refractivity contribution in [3.05, 3.63) is 23.2 Å². The Balaban J connectivity index is 1.81. The number of hydrogen-bond acceptors (Lipinski definition) is 3. The van der Waals surface area contributed by atoms with Crippen LogP contribution in [0.25, 0.3) is 0 Å². The number of likely N-dealkylation sites (N-methyl/N-ethyl adjacent to an activating group) is 1. The Bertz CT molecular complexity index is 478. The maximum absolute atomic E-state index is 11.9. The zero-order valence-corrected chi connectivity index (χ0v) is 12.1. The quantitative estimate of drug-likeness (QED) is 0.815. The fourth-order valence-corrected chi connectivity index (χ4v) is 2.30. The van der Waals surface area contributed by atoms with E-state index in [1.54, 1.807) is 18.2 Å². The van der Waals surface area contributed by atoms with Crippen LogP contribution < -0.4 is 11.1 Å². The molecule has 0 aromatic heterocycles. The van der Waals surface area contributed by atoms with Crippen LogP contribution in [-0.2, 0) is 4.79 Å². The lowest BCUT2D eigenvalue weighted by Gasteiger charge is -2.16. The largest absolute Gasteiger partial charge is 0.397 e. The van der Waals surface area contributed by atoms with Crippen molar-refractivity contribution in [1.29, 1.82) is 0 Å².